The maximum atomic E-state index is 12.4. The number of nitrogens with one attached hydrogen (secondary N) is 1. The molecule has 1 aromatic carbocycles. The van der Waals surface area contributed by atoms with E-state index in [9.17, 15) is 13.2 Å². The minimum Gasteiger partial charge on any atom is -0.469 e. The topological polar surface area (TPSA) is 72.5 Å². The van der Waals surface area contributed by atoms with Crippen LogP contribution in [0.4, 0.5) is 0 Å². The summed E-state index contributed by atoms with van der Waals surface area (Å²) < 4.78 is 32.0. The molecule has 1 aliphatic carbocycles. The molecule has 0 saturated carbocycles. The lowest BCUT2D eigenvalue weighted by Crippen LogP contribution is -2.27. The molecule has 0 aromatic heterocycles. The molecule has 0 atom stereocenters. The van der Waals surface area contributed by atoms with E-state index in [0.29, 0.717) is 24.3 Å². The molecule has 2 rings (SSSR count). The fourth-order valence-corrected chi connectivity index (χ4v) is 4.02. The lowest BCUT2D eigenvalue weighted by molar-refractivity contribution is -0.140. The van der Waals surface area contributed by atoms with Gasteiger partial charge in [-0.05, 0) is 42.9 Å². The summed E-state index contributed by atoms with van der Waals surface area (Å²) in [7, 11) is -2.01. The van der Waals surface area contributed by atoms with Gasteiger partial charge in [-0.2, -0.15) is 0 Å². The molecule has 24 heavy (non-hydrogen) atoms. The zero-order valence-electron chi connectivity index (χ0n) is 14.1. The summed E-state index contributed by atoms with van der Waals surface area (Å²) in [5.41, 5.74) is 2.19. The molecule has 0 unspecified atom stereocenters. The molecule has 1 N–H and O–H groups in total. The predicted octanol–water partition coefficient (Wildman–Crippen LogP) is 3.02. The Labute approximate surface area is 144 Å². The number of carbonyl (C=O) groups is 1. The molecule has 0 aliphatic heterocycles. The van der Waals surface area contributed by atoms with Crippen LogP contribution in [0.15, 0.2) is 29.2 Å². The summed E-state index contributed by atoms with van der Waals surface area (Å²) in [5, 5.41) is 0. The van der Waals surface area contributed by atoms with Crippen molar-refractivity contribution in [3.63, 3.8) is 0 Å². The number of unbranched alkanes of at least 4 members (excludes halogenated alkanes) is 3. The molecular formula is C18H25NO4S. The molecule has 0 heterocycles. The zero-order chi connectivity index (χ0) is 17.4. The van der Waals surface area contributed by atoms with Gasteiger partial charge in [-0.15, -0.1) is 0 Å². The first-order chi connectivity index (χ1) is 11.5. The van der Waals surface area contributed by atoms with E-state index in [1.807, 2.05) is 24.3 Å². The van der Waals surface area contributed by atoms with Crippen LogP contribution in [0.5, 0.6) is 0 Å². The van der Waals surface area contributed by atoms with Crippen LogP contribution in [-0.4, -0.2) is 28.0 Å². The third kappa shape index (κ3) is 5.46. The van der Waals surface area contributed by atoms with Gasteiger partial charge < -0.3 is 4.74 Å². The molecule has 0 spiro atoms. The Morgan fingerprint density at radius 1 is 1.12 bits per heavy atom. The largest absolute Gasteiger partial charge is 0.469 e. The molecule has 5 nitrogen and oxygen atoms in total. The van der Waals surface area contributed by atoms with Crippen LogP contribution in [0.2, 0.25) is 0 Å². The number of methoxy groups -OCH3 is 1. The van der Waals surface area contributed by atoms with Gasteiger partial charge in [0.15, 0.2) is 0 Å². The van der Waals surface area contributed by atoms with Gasteiger partial charge in [-0.3, -0.25) is 4.79 Å². The van der Waals surface area contributed by atoms with Crippen molar-refractivity contribution in [2.75, 3.05) is 13.7 Å². The third-order valence-corrected chi connectivity index (χ3v) is 5.78. The van der Waals surface area contributed by atoms with Crippen molar-refractivity contribution >= 4 is 22.1 Å². The number of aryl methyl sites for hydroxylation is 1. The first-order valence-electron chi connectivity index (χ1n) is 8.38. The summed E-state index contributed by atoms with van der Waals surface area (Å²) in [6.45, 7) is 0.430. The first-order valence-corrected chi connectivity index (χ1v) is 9.86. The SMILES string of the molecule is COC(=O)CCCCCCNS(=O)(=O)C1=Cc2ccccc2CC1. The maximum absolute atomic E-state index is 12.4. The van der Waals surface area contributed by atoms with Crippen LogP contribution >= 0.6 is 0 Å². The molecular weight excluding hydrogens is 326 g/mol. The van der Waals surface area contributed by atoms with Gasteiger partial charge in [0.2, 0.25) is 10.0 Å². The van der Waals surface area contributed by atoms with Crippen molar-refractivity contribution in [2.45, 2.75) is 44.9 Å². The second-order valence-electron chi connectivity index (χ2n) is 5.95. The van der Waals surface area contributed by atoms with Crippen LogP contribution in [0, 0.1) is 0 Å². The number of benzene rings is 1. The predicted molar refractivity (Wildman–Crippen MR) is 94.8 cm³/mol. The average molecular weight is 351 g/mol. The minimum absolute atomic E-state index is 0.194. The van der Waals surface area contributed by atoms with E-state index in [-0.39, 0.29) is 5.97 Å². The Morgan fingerprint density at radius 2 is 1.88 bits per heavy atom. The van der Waals surface area contributed by atoms with Crippen molar-refractivity contribution in [1.82, 2.24) is 4.72 Å². The number of sulfonamides is 1. The number of rotatable bonds is 9. The van der Waals surface area contributed by atoms with Gasteiger partial charge >= 0.3 is 5.97 Å². The highest BCUT2D eigenvalue weighted by Gasteiger charge is 2.20. The lowest BCUT2D eigenvalue weighted by atomic mass is 9.98. The summed E-state index contributed by atoms with van der Waals surface area (Å²) >= 11 is 0. The van der Waals surface area contributed by atoms with E-state index in [0.717, 1.165) is 37.7 Å². The average Bonchev–Trinajstić information content (AvgIpc) is 2.60. The normalized spacial score (nSPS) is 14.0. The summed E-state index contributed by atoms with van der Waals surface area (Å²) in [4.78, 5) is 11.4. The Morgan fingerprint density at radius 3 is 2.67 bits per heavy atom. The summed E-state index contributed by atoms with van der Waals surface area (Å²) in [5.74, 6) is -0.194. The van der Waals surface area contributed by atoms with Crippen molar-refractivity contribution < 1.29 is 17.9 Å². The second-order valence-corrected chi connectivity index (χ2v) is 7.77. The third-order valence-electron chi connectivity index (χ3n) is 4.18. The highest BCUT2D eigenvalue weighted by molar-refractivity contribution is 7.93. The number of hydrogen-bond donors (Lipinski definition) is 1. The number of fused-ring (bicyclic) bond motifs is 1. The van der Waals surface area contributed by atoms with E-state index in [1.54, 1.807) is 6.08 Å². The smallest absolute Gasteiger partial charge is 0.305 e. The van der Waals surface area contributed by atoms with Crippen LogP contribution in [0.3, 0.4) is 0 Å². The maximum Gasteiger partial charge on any atom is 0.305 e. The molecule has 1 aromatic rings. The Bertz CT molecular complexity index is 695. The van der Waals surface area contributed by atoms with E-state index in [2.05, 4.69) is 9.46 Å². The van der Waals surface area contributed by atoms with E-state index < -0.39 is 10.0 Å². The molecule has 132 valence electrons. The zero-order valence-corrected chi connectivity index (χ0v) is 14.9. The molecule has 1 aliphatic rings. The Hall–Kier alpha value is -1.66. The van der Waals surface area contributed by atoms with E-state index in [4.69, 9.17) is 0 Å². The Balaban J connectivity index is 1.75. The van der Waals surface area contributed by atoms with Crippen LogP contribution < -0.4 is 4.72 Å². The molecule has 0 bridgehead atoms. The van der Waals surface area contributed by atoms with Gasteiger partial charge in [-0.1, -0.05) is 37.1 Å². The number of esters is 1. The quantitative estimate of drug-likeness (QED) is 0.548. The van der Waals surface area contributed by atoms with Crippen LogP contribution in [0.25, 0.3) is 6.08 Å². The molecule has 0 fully saturated rings. The molecule has 0 radical (unpaired) electrons. The van der Waals surface area contributed by atoms with Crippen LogP contribution in [0.1, 0.15) is 49.7 Å². The molecule has 6 heteroatoms. The highest BCUT2D eigenvalue weighted by atomic mass is 32.2. The van der Waals surface area contributed by atoms with Crippen molar-refractivity contribution in [3.05, 3.63) is 40.3 Å². The van der Waals surface area contributed by atoms with Crippen molar-refractivity contribution in [1.29, 1.82) is 0 Å². The highest BCUT2D eigenvalue weighted by Crippen LogP contribution is 2.26. The Kier molecular flexibility index (Phi) is 6.99. The standard InChI is InChI=1S/C18H25NO4S/c1-23-18(20)10-4-2-3-7-13-19-24(21,22)17-12-11-15-8-5-6-9-16(15)14-17/h5-6,8-9,14,19H,2-4,7,10-13H2,1H3. The minimum atomic E-state index is -3.40. The number of hydrogen-bond acceptors (Lipinski definition) is 4. The van der Waals surface area contributed by atoms with Crippen molar-refractivity contribution in [3.8, 4) is 0 Å². The summed E-state index contributed by atoms with van der Waals surface area (Å²) in [6.07, 6.45) is 6.84. The fourth-order valence-electron chi connectivity index (χ4n) is 2.77. The number of ether oxygens (including phenoxy) is 1. The fraction of sp³-hybridized carbons (Fsp3) is 0.500. The van der Waals surface area contributed by atoms with Gasteiger partial charge in [0.1, 0.15) is 0 Å². The van der Waals surface area contributed by atoms with Crippen LogP contribution in [-0.2, 0) is 26.0 Å². The summed E-state index contributed by atoms with van der Waals surface area (Å²) in [6, 6.07) is 7.89. The van der Waals surface area contributed by atoms with Gasteiger partial charge in [0.05, 0.1) is 12.0 Å². The van der Waals surface area contributed by atoms with Crippen molar-refractivity contribution in [2.24, 2.45) is 0 Å². The van der Waals surface area contributed by atoms with Gasteiger partial charge in [0, 0.05) is 13.0 Å². The number of carbonyl (C=O) groups excluding carboxylic acids is 1. The monoisotopic (exact) mass is 351 g/mol. The molecule has 0 saturated heterocycles. The first kappa shape index (κ1) is 18.7. The number of allylic oxidation sites excluding steroid dienone is 1. The van der Waals surface area contributed by atoms with E-state index in [1.165, 1.54) is 12.7 Å². The van der Waals surface area contributed by atoms with Gasteiger partial charge in [-0.25, -0.2) is 13.1 Å². The second kappa shape index (κ2) is 8.99. The van der Waals surface area contributed by atoms with E-state index >= 15 is 0 Å². The molecule has 0 amide bonds. The van der Waals surface area contributed by atoms with Gasteiger partial charge in [0.25, 0.3) is 0 Å². The lowest BCUT2D eigenvalue weighted by Gasteiger charge is -2.17.